The van der Waals surface area contributed by atoms with Gasteiger partial charge >= 0.3 is 24.5 Å². The molecular formula is C28H32F6N2O6. The number of carbonyl (C=O) groups excluding carboxylic acids is 2. The number of nitrogens with zero attached hydrogens (tertiary/aromatic N) is 2. The van der Waals surface area contributed by atoms with E-state index in [1.54, 1.807) is 27.7 Å². The Morgan fingerprint density at radius 3 is 2.05 bits per heavy atom. The predicted molar refractivity (Wildman–Crippen MR) is 139 cm³/mol. The minimum atomic E-state index is -5.07. The van der Waals surface area contributed by atoms with Crippen LogP contribution in [0.1, 0.15) is 62.4 Å². The molecule has 1 aliphatic rings. The molecule has 0 bridgehead atoms. The van der Waals surface area contributed by atoms with Gasteiger partial charge < -0.3 is 18.9 Å². The highest BCUT2D eigenvalue weighted by Crippen LogP contribution is 2.47. The molecule has 1 heterocycles. The average molecular weight is 607 g/mol. The zero-order chi connectivity index (χ0) is 31.6. The SMILES string of the molecule is CCOC(=O)N1c2cc(OC)c(OC(C)C)cc2[C@@H](N(Cc2cc(C(F)(F)F)cc(C(F)(F)F)c2)C(=O)OC)C[C@H]1C. The van der Waals surface area contributed by atoms with Crippen molar-refractivity contribution in [2.24, 2.45) is 0 Å². The zero-order valence-electron chi connectivity index (χ0n) is 23.9. The third kappa shape index (κ3) is 7.13. The van der Waals surface area contributed by atoms with Gasteiger partial charge in [-0.3, -0.25) is 9.80 Å². The monoisotopic (exact) mass is 606 g/mol. The molecule has 42 heavy (non-hydrogen) atoms. The lowest BCUT2D eigenvalue weighted by Gasteiger charge is -2.42. The maximum absolute atomic E-state index is 13.6. The second kappa shape index (κ2) is 12.6. The second-order valence-electron chi connectivity index (χ2n) is 9.91. The van der Waals surface area contributed by atoms with Gasteiger partial charge in [-0.25, -0.2) is 9.59 Å². The van der Waals surface area contributed by atoms with Crippen molar-refractivity contribution < 1.29 is 54.9 Å². The molecule has 0 radical (unpaired) electrons. The molecule has 0 N–H and O–H groups in total. The maximum atomic E-state index is 13.6. The standard InChI is InChI=1S/C28H32F6N2O6/c1-7-41-26(38)36-16(4)8-21(20-12-24(42-15(2)3)23(39-5)13-22(20)36)35(25(37)40-6)14-17-9-18(27(29,30)31)11-19(10-17)28(32,33)34/h9-13,15-16,21H,7-8,14H2,1-6H3/t16-,21+/m1/s1. The molecule has 2 amide bonds. The van der Waals surface area contributed by atoms with Crippen molar-refractivity contribution in [2.75, 3.05) is 25.7 Å². The lowest BCUT2D eigenvalue weighted by Crippen LogP contribution is -2.47. The van der Waals surface area contributed by atoms with E-state index in [1.807, 2.05) is 0 Å². The molecule has 2 aromatic rings. The fourth-order valence-corrected chi connectivity index (χ4v) is 4.83. The summed E-state index contributed by atoms with van der Waals surface area (Å²) in [7, 11) is 2.43. The molecule has 0 saturated carbocycles. The fraction of sp³-hybridized carbons (Fsp3) is 0.500. The Morgan fingerprint density at radius 2 is 1.57 bits per heavy atom. The molecular weight excluding hydrogens is 574 g/mol. The highest BCUT2D eigenvalue weighted by molar-refractivity contribution is 5.91. The molecule has 0 unspecified atom stereocenters. The molecule has 2 aromatic carbocycles. The summed E-state index contributed by atoms with van der Waals surface area (Å²) in [5, 5.41) is 0. The lowest BCUT2D eigenvalue weighted by molar-refractivity contribution is -0.143. The van der Waals surface area contributed by atoms with Crippen molar-refractivity contribution in [2.45, 2.75) is 71.2 Å². The first-order chi connectivity index (χ1) is 19.5. The number of alkyl halides is 6. The van der Waals surface area contributed by atoms with Gasteiger partial charge in [0.2, 0.25) is 0 Å². The van der Waals surface area contributed by atoms with Crippen molar-refractivity contribution in [3.8, 4) is 11.5 Å². The normalized spacial score (nSPS) is 17.0. The van der Waals surface area contributed by atoms with E-state index >= 15 is 0 Å². The van der Waals surface area contributed by atoms with Crippen LogP contribution in [-0.2, 0) is 28.4 Å². The van der Waals surface area contributed by atoms with Crippen LogP contribution in [0, 0.1) is 0 Å². The zero-order valence-corrected chi connectivity index (χ0v) is 23.9. The van der Waals surface area contributed by atoms with Gasteiger partial charge in [-0.1, -0.05) is 0 Å². The van der Waals surface area contributed by atoms with E-state index in [4.69, 9.17) is 18.9 Å². The largest absolute Gasteiger partial charge is 0.493 e. The third-order valence-electron chi connectivity index (χ3n) is 6.55. The van der Waals surface area contributed by atoms with Gasteiger partial charge in [0, 0.05) is 24.2 Å². The van der Waals surface area contributed by atoms with Gasteiger partial charge in [0.15, 0.2) is 11.5 Å². The first kappa shape index (κ1) is 32.7. The van der Waals surface area contributed by atoms with Crippen LogP contribution in [0.5, 0.6) is 11.5 Å². The summed E-state index contributed by atoms with van der Waals surface area (Å²) >= 11 is 0. The maximum Gasteiger partial charge on any atom is 0.416 e. The van der Waals surface area contributed by atoms with Gasteiger partial charge in [0.1, 0.15) is 0 Å². The van der Waals surface area contributed by atoms with Crippen LogP contribution in [-0.4, -0.2) is 50.1 Å². The Labute approximate surface area is 239 Å². The Kier molecular flexibility index (Phi) is 9.78. The van der Waals surface area contributed by atoms with E-state index in [9.17, 15) is 35.9 Å². The molecule has 2 atom stereocenters. The van der Waals surface area contributed by atoms with E-state index in [0.29, 0.717) is 17.7 Å². The van der Waals surface area contributed by atoms with Gasteiger partial charge in [-0.05, 0) is 63.9 Å². The van der Waals surface area contributed by atoms with Crippen LogP contribution >= 0.6 is 0 Å². The van der Waals surface area contributed by atoms with Crippen LogP contribution in [0.4, 0.5) is 41.6 Å². The first-order valence-electron chi connectivity index (χ1n) is 13.0. The number of anilines is 1. The van der Waals surface area contributed by atoms with E-state index in [2.05, 4.69) is 0 Å². The van der Waals surface area contributed by atoms with E-state index < -0.39 is 59.9 Å². The van der Waals surface area contributed by atoms with E-state index in [1.165, 1.54) is 24.1 Å². The number of amides is 2. The Bertz CT molecular complexity index is 1260. The Balaban J connectivity index is 2.23. The number of carbonyl (C=O) groups is 2. The average Bonchev–Trinajstić information content (AvgIpc) is 2.89. The highest BCUT2D eigenvalue weighted by Gasteiger charge is 2.42. The van der Waals surface area contributed by atoms with Gasteiger partial charge in [0.25, 0.3) is 0 Å². The van der Waals surface area contributed by atoms with Crippen LogP contribution in [0.2, 0.25) is 0 Å². The van der Waals surface area contributed by atoms with Crippen LogP contribution < -0.4 is 14.4 Å². The summed E-state index contributed by atoms with van der Waals surface area (Å²) in [5.74, 6) is 0.500. The molecule has 0 spiro atoms. The fourth-order valence-electron chi connectivity index (χ4n) is 4.83. The highest BCUT2D eigenvalue weighted by atomic mass is 19.4. The van der Waals surface area contributed by atoms with Crippen molar-refractivity contribution in [1.82, 2.24) is 4.90 Å². The molecule has 0 saturated heterocycles. The summed E-state index contributed by atoms with van der Waals surface area (Å²) in [6.07, 6.45) is -12.1. The molecule has 3 rings (SSSR count). The van der Waals surface area contributed by atoms with Gasteiger partial charge in [0.05, 0.1) is 49.8 Å². The van der Waals surface area contributed by atoms with Gasteiger partial charge in [-0.15, -0.1) is 0 Å². The number of hydrogen-bond donors (Lipinski definition) is 0. The van der Waals surface area contributed by atoms with Crippen molar-refractivity contribution >= 4 is 17.9 Å². The minimum Gasteiger partial charge on any atom is -0.493 e. The van der Waals surface area contributed by atoms with Gasteiger partial charge in [-0.2, -0.15) is 26.3 Å². The number of fused-ring (bicyclic) bond motifs is 1. The number of methoxy groups -OCH3 is 2. The van der Waals surface area contributed by atoms with Crippen LogP contribution in [0.25, 0.3) is 0 Å². The second-order valence-corrected chi connectivity index (χ2v) is 9.91. The smallest absolute Gasteiger partial charge is 0.416 e. The first-order valence-corrected chi connectivity index (χ1v) is 13.0. The number of halogens is 6. The molecule has 0 aromatic heterocycles. The summed E-state index contributed by atoms with van der Waals surface area (Å²) < 4.78 is 103. The van der Waals surface area contributed by atoms with Crippen molar-refractivity contribution in [1.29, 1.82) is 0 Å². The predicted octanol–water partition coefficient (Wildman–Crippen LogP) is 7.58. The summed E-state index contributed by atoms with van der Waals surface area (Å²) in [4.78, 5) is 28.4. The topological polar surface area (TPSA) is 77.5 Å². The summed E-state index contributed by atoms with van der Waals surface area (Å²) in [6, 6.07) is 2.59. The molecule has 14 heteroatoms. The van der Waals surface area contributed by atoms with E-state index in [0.717, 1.165) is 12.0 Å². The number of hydrogen-bond acceptors (Lipinski definition) is 6. The molecule has 232 valence electrons. The molecule has 1 aliphatic heterocycles. The molecule has 0 fully saturated rings. The minimum absolute atomic E-state index is 0.0169. The number of rotatable bonds is 7. The molecule has 8 nitrogen and oxygen atoms in total. The quantitative estimate of drug-likeness (QED) is 0.303. The number of benzene rings is 2. The van der Waals surface area contributed by atoms with Crippen molar-refractivity contribution in [3.05, 3.63) is 52.6 Å². The van der Waals surface area contributed by atoms with Crippen molar-refractivity contribution in [3.63, 3.8) is 0 Å². The molecule has 0 aliphatic carbocycles. The van der Waals surface area contributed by atoms with Crippen LogP contribution in [0.3, 0.4) is 0 Å². The Hall–Kier alpha value is -3.84. The number of ether oxygens (including phenoxy) is 4. The Morgan fingerprint density at radius 1 is 0.976 bits per heavy atom. The van der Waals surface area contributed by atoms with E-state index in [-0.39, 0.29) is 42.4 Å². The summed E-state index contributed by atoms with van der Waals surface area (Å²) in [5.41, 5.74) is -2.86. The van der Waals surface area contributed by atoms with Crippen LogP contribution in [0.15, 0.2) is 30.3 Å². The summed E-state index contributed by atoms with van der Waals surface area (Å²) in [6.45, 7) is 6.21. The third-order valence-corrected chi connectivity index (χ3v) is 6.55. The lowest BCUT2D eigenvalue weighted by atomic mass is 9.90.